The molecule has 28 heavy (non-hydrogen) atoms. The predicted octanol–water partition coefficient (Wildman–Crippen LogP) is 3.61. The van der Waals surface area contributed by atoms with Crippen LogP contribution in [0.1, 0.15) is 18.4 Å². The highest BCUT2D eigenvalue weighted by atomic mass is 19.3. The number of nitrogens with zero attached hydrogens (tertiary/aromatic N) is 2. The number of hydrogen-bond donors (Lipinski definition) is 2. The SMILES string of the molecule is COc1ccc(NC(=O)NCc2ccnc(N3CCCC3)c2)cc1OC(F)F. The third kappa shape index (κ3) is 5.21. The first-order valence-electron chi connectivity index (χ1n) is 8.93. The van der Waals surface area contributed by atoms with Gasteiger partial charge in [0.1, 0.15) is 5.82 Å². The standard InChI is InChI=1S/C19H22F2N4O3/c1-27-15-5-4-14(11-16(15)28-18(20)21)24-19(26)23-12-13-6-7-22-17(10-13)25-8-2-3-9-25/h4-7,10-11,18H,2-3,8-9,12H2,1H3,(H2,23,24,26). The second-order valence-electron chi connectivity index (χ2n) is 6.27. The summed E-state index contributed by atoms with van der Waals surface area (Å²) in [5.74, 6) is 0.901. The summed E-state index contributed by atoms with van der Waals surface area (Å²) in [4.78, 5) is 18.7. The molecule has 1 aromatic carbocycles. The zero-order chi connectivity index (χ0) is 19.9. The Balaban J connectivity index is 1.58. The molecule has 0 spiro atoms. The van der Waals surface area contributed by atoms with Crippen LogP contribution in [0.3, 0.4) is 0 Å². The molecule has 0 saturated carbocycles. The van der Waals surface area contributed by atoms with Gasteiger partial charge in [0.2, 0.25) is 0 Å². The molecule has 2 aromatic rings. The van der Waals surface area contributed by atoms with Gasteiger partial charge in [0, 0.05) is 37.6 Å². The van der Waals surface area contributed by atoms with Crippen molar-refractivity contribution >= 4 is 17.5 Å². The minimum absolute atomic E-state index is 0.150. The second-order valence-corrected chi connectivity index (χ2v) is 6.27. The fourth-order valence-corrected chi connectivity index (χ4v) is 2.99. The Morgan fingerprint density at radius 3 is 2.71 bits per heavy atom. The summed E-state index contributed by atoms with van der Waals surface area (Å²) >= 11 is 0. The average Bonchev–Trinajstić information content (AvgIpc) is 3.21. The molecule has 7 nitrogen and oxygen atoms in total. The molecule has 0 radical (unpaired) electrons. The molecule has 150 valence electrons. The van der Waals surface area contributed by atoms with E-state index in [1.54, 1.807) is 6.20 Å². The molecule has 3 rings (SSSR count). The van der Waals surface area contributed by atoms with Crippen LogP contribution in [0.25, 0.3) is 0 Å². The lowest BCUT2D eigenvalue weighted by Crippen LogP contribution is -2.28. The van der Waals surface area contributed by atoms with Crippen LogP contribution in [-0.2, 0) is 6.54 Å². The van der Waals surface area contributed by atoms with Crippen LogP contribution in [0, 0.1) is 0 Å². The van der Waals surface area contributed by atoms with E-state index in [1.165, 1.54) is 25.3 Å². The molecule has 0 aliphatic carbocycles. The summed E-state index contributed by atoms with van der Waals surface area (Å²) in [5, 5.41) is 5.33. The van der Waals surface area contributed by atoms with Crippen LogP contribution >= 0.6 is 0 Å². The number of benzene rings is 1. The van der Waals surface area contributed by atoms with Crippen LogP contribution in [0.4, 0.5) is 25.1 Å². The Morgan fingerprint density at radius 1 is 1.21 bits per heavy atom. The average molecular weight is 392 g/mol. The Morgan fingerprint density at radius 2 is 2.00 bits per heavy atom. The van der Waals surface area contributed by atoms with E-state index in [1.807, 2.05) is 12.1 Å². The molecular weight excluding hydrogens is 370 g/mol. The van der Waals surface area contributed by atoms with Crippen molar-refractivity contribution < 1.29 is 23.0 Å². The maximum Gasteiger partial charge on any atom is 0.387 e. The lowest BCUT2D eigenvalue weighted by atomic mass is 10.2. The third-order valence-electron chi connectivity index (χ3n) is 4.33. The molecule has 1 saturated heterocycles. The number of aromatic nitrogens is 1. The predicted molar refractivity (Wildman–Crippen MR) is 101 cm³/mol. The van der Waals surface area contributed by atoms with E-state index in [-0.39, 0.29) is 11.5 Å². The second kappa shape index (κ2) is 9.20. The highest BCUT2D eigenvalue weighted by molar-refractivity contribution is 5.89. The van der Waals surface area contributed by atoms with Crippen molar-refractivity contribution in [2.45, 2.75) is 26.0 Å². The smallest absolute Gasteiger partial charge is 0.387 e. The molecule has 0 bridgehead atoms. The van der Waals surface area contributed by atoms with Gasteiger partial charge in [-0.1, -0.05) is 0 Å². The van der Waals surface area contributed by atoms with E-state index >= 15 is 0 Å². The zero-order valence-electron chi connectivity index (χ0n) is 15.5. The van der Waals surface area contributed by atoms with Gasteiger partial charge in [-0.25, -0.2) is 9.78 Å². The zero-order valence-corrected chi connectivity index (χ0v) is 15.5. The summed E-state index contributed by atoms with van der Waals surface area (Å²) in [6.45, 7) is -0.698. The third-order valence-corrected chi connectivity index (χ3v) is 4.33. The molecule has 1 aliphatic heterocycles. The number of urea groups is 1. The normalized spacial score (nSPS) is 13.5. The quantitative estimate of drug-likeness (QED) is 0.753. The Kier molecular flexibility index (Phi) is 6.46. The van der Waals surface area contributed by atoms with Crippen molar-refractivity contribution in [3.05, 3.63) is 42.1 Å². The first kappa shape index (κ1) is 19.7. The van der Waals surface area contributed by atoms with Gasteiger partial charge in [0.15, 0.2) is 11.5 Å². The largest absolute Gasteiger partial charge is 0.493 e. The van der Waals surface area contributed by atoms with Gasteiger partial charge in [-0.15, -0.1) is 0 Å². The fourth-order valence-electron chi connectivity index (χ4n) is 2.99. The van der Waals surface area contributed by atoms with Crippen molar-refractivity contribution in [3.8, 4) is 11.5 Å². The first-order chi connectivity index (χ1) is 13.5. The molecule has 2 N–H and O–H groups in total. The topological polar surface area (TPSA) is 75.7 Å². The Labute approximate surface area is 161 Å². The lowest BCUT2D eigenvalue weighted by molar-refractivity contribution is -0.0511. The van der Waals surface area contributed by atoms with E-state index in [2.05, 4.69) is 25.3 Å². The number of alkyl halides is 2. The number of ether oxygens (including phenoxy) is 2. The lowest BCUT2D eigenvalue weighted by Gasteiger charge is -2.17. The molecular formula is C19H22F2N4O3. The van der Waals surface area contributed by atoms with Crippen molar-refractivity contribution in [1.29, 1.82) is 0 Å². The van der Waals surface area contributed by atoms with E-state index in [0.29, 0.717) is 12.2 Å². The van der Waals surface area contributed by atoms with E-state index in [0.717, 1.165) is 37.3 Å². The molecule has 9 heteroatoms. The van der Waals surface area contributed by atoms with Crippen molar-refractivity contribution in [2.75, 3.05) is 30.4 Å². The summed E-state index contributed by atoms with van der Waals surface area (Å²) in [5.41, 5.74) is 1.23. The van der Waals surface area contributed by atoms with Gasteiger partial charge >= 0.3 is 12.6 Å². The molecule has 1 aliphatic rings. The summed E-state index contributed by atoms with van der Waals surface area (Å²) < 4.78 is 34.4. The fraction of sp³-hybridized carbons (Fsp3) is 0.368. The summed E-state index contributed by atoms with van der Waals surface area (Å²) in [6, 6.07) is 7.58. The highest BCUT2D eigenvalue weighted by Gasteiger charge is 2.14. The van der Waals surface area contributed by atoms with Gasteiger partial charge in [-0.3, -0.25) is 0 Å². The van der Waals surface area contributed by atoms with Crippen LogP contribution in [0.15, 0.2) is 36.5 Å². The number of anilines is 2. The number of amides is 2. The first-order valence-corrected chi connectivity index (χ1v) is 8.93. The number of pyridine rings is 1. The molecule has 1 aromatic heterocycles. The number of methoxy groups -OCH3 is 1. The summed E-state index contributed by atoms with van der Waals surface area (Å²) in [7, 11) is 1.35. The van der Waals surface area contributed by atoms with Crippen LogP contribution in [0.2, 0.25) is 0 Å². The highest BCUT2D eigenvalue weighted by Crippen LogP contribution is 2.31. The van der Waals surface area contributed by atoms with Gasteiger partial charge in [-0.2, -0.15) is 8.78 Å². The van der Waals surface area contributed by atoms with Crippen LogP contribution in [0.5, 0.6) is 11.5 Å². The molecule has 1 fully saturated rings. The van der Waals surface area contributed by atoms with Gasteiger partial charge in [0.05, 0.1) is 7.11 Å². The van der Waals surface area contributed by atoms with Gasteiger partial charge < -0.3 is 25.0 Å². The van der Waals surface area contributed by atoms with Crippen LogP contribution in [-0.4, -0.2) is 37.8 Å². The number of rotatable bonds is 7. The number of nitrogens with one attached hydrogen (secondary N) is 2. The summed E-state index contributed by atoms with van der Waals surface area (Å²) in [6.07, 6.45) is 4.04. The van der Waals surface area contributed by atoms with Gasteiger partial charge in [0.25, 0.3) is 0 Å². The monoisotopic (exact) mass is 392 g/mol. The maximum absolute atomic E-state index is 12.5. The van der Waals surface area contributed by atoms with Crippen molar-refractivity contribution in [2.24, 2.45) is 0 Å². The number of carbonyl (C=O) groups excluding carboxylic acids is 1. The van der Waals surface area contributed by atoms with Crippen molar-refractivity contribution in [1.82, 2.24) is 10.3 Å². The maximum atomic E-state index is 12.5. The minimum Gasteiger partial charge on any atom is -0.493 e. The number of hydrogen-bond acceptors (Lipinski definition) is 5. The molecule has 2 heterocycles. The van der Waals surface area contributed by atoms with Gasteiger partial charge in [-0.05, 0) is 42.7 Å². The van der Waals surface area contributed by atoms with Crippen LogP contribution < -0.4 is 25.0 Å². The molecule has 0 atom stereocenters. The van der Waals surface area contributed by atoms with E-state index in [9.17, 15) is 13.6 Å². The molecule has 2 amide bonds. The number of halogens is 2. The number of carbonyl (C=O) groups is 1. The Hall–Kier alpha value is -3.10. The van der Waals surface area contributed by atoms with E-state index in [4.69, 9.17) is 4.74 Å². The molecule has 0 unspecified atom stereocenters. The van der Waals surface area contributed by atoms with Crippen molar-refractivity contribution in [3.63, 3.8) is 0 Å². The minimum atomic E-state index is -2.99. The Bertz CT molecular complexity index is 814. The van der Waals surface area contributed by atoms with E-state index < -0.39 is 12.6 Å².